The zero-order chi connectivity index (χ0) is 15.7. The third-order valence-corrected chi connectivity index (χ3v) is 4.91. The lowest BCUT2D eigenvalue weighted by Gasteiger charge is -2.15. The number of aromatic nitrogens is 2. The summed E-state index contributed by atoms with van der Waals surface area (Å²) in [6.07, 6.45) is 2.10. The molecule has 1 atom stereocenters. The molecule has 4 heteroatoms. The smallest absolute Gasteiger partial charge is 0.194 e. The predicted octanol–water partition coefficient (Wildman–Crippen LogP) is 4.68. The molecule has 0 radical (unpaired) electrons. The highest BCUT2D eigenvalue weighted by Gasteiger charge is 2.15. The summed E-state index contributed by atoms with van der Waals surface area (Å²) in [5.74, 6) is 0.585. The molecule has 1 aromatic carbocycles. The number of benzene rings is 1. The van der Waals surface area contributed by atoms with Crippen molar-refractivity contribution >= 4 is 16.3 Å². The molecule has 0 unspecified atom stereocenters. The molecule has 0 saturated heterocycles. The van der Waals surface area contributed by atoms with Crippen molar-refractivity contribution in [2.45, 2.75) is 46.2 Å². The van der Waals surface area contributed by atoms with E-state index in [0.717, 1.165) is 17.2 Å². The van der Waals surface area contributed by atoms with Crippen molar-refractivity contribution in [2.75, 3.05) is 0 Å². The molecule has 0 aliphatic rings. The van der Waals surface area contributed by atoms with Gasteiger partial charge in [-0.2, -0.15) is 0 Å². The maximum atomic E-state index is 4.62. The van der Waals surface area contributed by atoms with Gasteiger partial charge in [-0.25, -0.2) is 4.98 Å². The monoisotopic (exact) mass is 313 g/mol. The Hall–Kier alpha value is -1.65. The van der Waals surface area contributed by atoms with Gasteiger partial charge in [0.25, 0.3) is 0 Å². The Morgan fingerprint density at radius 1 is 1.18 bits per heavy atom. The fourth-order valence-corrected chi connectivity index (χ4v) is 3.59. The average molecular weight is 313 g/mol. The van der Waals surface area contributed by atoms with Crippen LogP contribution in [0.2, 0.25) is 0 Å². The van der Waals surface area contributed by atoms with Gasteiger partial charge >= 0.3 is 0 Å². The van der Waals surface area contributed by atoms with Crippen molar-refractivity contribution in [1.82, 2.24) is 14.7 Å². The minimum atomic E-state index is 0.273. The summed E-state index contributed by atoms with van der Waals surface area (Å²) < 4.78 is 2.19. The van der Waals surface area contributed by atoms with Crippen LogP contribution in [-0.2, 0) is 6.54 Å². The van der Waals surface area contributed by atoms with Crippen LogP contribution in [0.5, 0.6) is 0 Å². The molecular weight excluding hydrogens is 290 g/mol. The lowest BCUT2D eigenvalue weighted by Crippen LogP contribution is -2.20. The first-order valence-electron chi connectivity index (χ1n) is 7.80. The van der Waals surface area contributed by atoms with Gasteiger partial charge in [0, 0.05) is 24.2 Å². The highest BCUT2D eigenvalue weighted by Crippen LogP contribution is 2.23. The van der Waals surface area contributed by atoms with Crippen molar-refractivity contribution in [3.63, 3.8) is 0 Å². The number of nitrogens with one attached hydrogen (secondary N) is 1. The second kappa shape index (κ2) is 6.23. The van der Waals surface area contributed by atoms with Gasteiger partial charge in [-0.05, 0) is 30.9 Å². The van der Waals surface area contributed by atoms with Crippen LogP contribution in [-0.4, -0.2) is 9.38 Å². The number of hydrogen-bond acceptors (Lipinski definition) is 3. The first kappa shape index (κ1) is 15.3. The lowest BCUT2D eigenvalue weighted by molar-refractivity contribution is 0.555. The Balaban J connectivity index is 1.70. The van der Waals surface area contributed by atoms with Crippen LogP contribution in [0.1, 0.15) is 55.2 Å². The third kappa shape index (κ3) is 2.94. The highest BCUT2D eigenvalue weighted by molar-refractivity contribution is 7.15. The summed E-state index contributed by atoms with van der Waals surface area (Å²) in [5.41, 5.74) is 5.08. The number of hydrogen-bond donors (Lipinski definition) is 1. The van der Waals surface area contributed by atoms with E-state index in [2.05, 4.69) is 78.2 Å². The standard InChI is InChI=1S/C18H23N3S/c1-12(2)16-7-5-15(6-8-16)11-19-13(3)17-14(4)20-18-21(17)9-10-22-18/h5-10,12-13,19H,11H2,1-4H3/t13-/m1/s1. The summed E-state index contributed by atoms with van der Waals surface area (Å²) in [5, 5.41) is 5.70. The van der Waals surface area contributed by atoms with Crippen molar-refractivity contribution < 1.29 is 0 Å². The van der Waals surface area contributed by atoms with Crippen LogP contribution < -0.4 is 5.32 Å². The van der Waals surface area contributed by atoms with Crippen LogP contribution in [0.4, 0.5) is 0 Å². The van der Waals surface area contributed by atoms with E-state index in [1.165, 1.54) is 16.8 Å². The van der Waals surface area contributed by atoms with Crippen molar-refractivity contribution in [1.29, 1.82) is 0 Å². The molecule has 0 saturated carbocycles. The van der Waals surface area contributed by atoms with E-state index in [-0.39, 0.29) is 6.04 Å². The fourth-order valence-electron chi connectivity index (χ4n) is 2.82. The van der Waals surface area contributed by atoms with Crippen molar-refractivity contribution in [3.8, 4) is 0 Å². The molecule has 3 nitrogen and oxygen atoms in total. The normalized spacial score (nSPS) is 13.1. The zero-order valence-corrected chi connectivity index (χ0v) is 14.4. The molecule has 1 N–H and O–H groups in total. The minimum absolute atomic E-state index is 0.273. The minimum Gasteiger partial charge on any atom is -0.305 e. The van der Waals surface area contributed by atoms with Gasteiger partial charge in [-0.3, -0.25) is 4.40 Å². The molecule has 0 spiro atoms. The number of rotatable bonds is 5. The zero-order valence-electron chi connectivity index (χ0n) is 13.6. The van der Waals surface area contributed by atoms with E-state index in [1.807, 2.05) is 0 Å². The molecule has 116 valence electrons. The lowest BCUT2D eigenvalue weighted by atomic mass is 10.0. The predicted molar refractivity (Wildman–Crippen MR) is 93.6 cm³/mol. The fraction of sp³-hybridized carbons (Fsp3) is 0.389. The summed E-state index contributed by atoms with van der Waals surface area (Å²) in [6, 6.07) is 9.17. The average Bonchev–Trinajstić information content (AvgIpc) is 3.05. The summed E-state index contributed by atoms with van der Waals surface area (Å²) in [4.78, 5) is 5.69. The number of imidazole rings is 1. The Morgan fingerprint density at radius 3 is 2.59 bits per heavy atom. The van der Waals surface area contributed by atoms with Gasteiger partial charge in [0.15, 0.2) is 4.96 Å². The summed E-state index contributed by atoms with van der Waals surface area (Å²) >= 11 is 1.68. The molecular formula is C18H23N3S. The SMILES string of the molecule is Cc1nc2sccn2c1[C@@H](C)NCc1ccc(C(C)C)cc1. The van der Waals surface area contributed by atoms with Crippen molar-refractivity contribution in [2.24, 2.45) is 0 Å². The van der Waals surface area contributed by atoms with Crippen LogP contribution in [0, 0.1) is 6.92 Å². The van der Waals surface area contributed by atoms with E-state index in [1.54, 1.807) is 11.3 Å². The molecule has 0 aliphatic heterocycles. The summed E-state index contributed by atoms with van der Waals surface area (Å²) in [7, 11) is 0. The van der Waals surface area contributed by atoms with Gasteiger partial charge in [0.2, 0.25) is 0 Å². The quantitative estimate of drug-likeness (QED) is 0.741. The van der Waals surface area contributed by atoms with Gasteiger partial charge in [0.05, 0.1) is 11.4 Å². The molecule has 0 bridgehead atoms. The second-order valence-corrected chi connectivity index (χ2v) is 7.01. The second-order valence-electron chi connectivity index (χ2n) is 6.14. The highest BCUT2D eigenvalue weighted by atomic mass is 32.1. The van der Waals surface area contributed by atoms with Crippen LogP contribution in [0.3, 0.4) is 0 Å². The van der Waals surface area contributed by atoms with Gasteiger partial charge in [-0.1, -0.05) is 38.1 Å². The molecule has 2 heterocycles. The Morgan fingerprint density at radius 2 is 1.91 bits per heavy atom. The Bertz CT molecular complexity index is 752. The van der Waals surface area contributed by atoms with Crippen molar-refractivity contribution in [3.05, 3.63) is 58.4 Å². The topological polar surface area (TPSA) is 29.3 Å². The maximum Gasteiger partial charge on any atom is 0.194 e. The first-order valence-corrected chi connectivity index (χ1v) is 8.68. The third-order valence-electron chi connectivity index (χ3n) is 4.15. The number of thiazole rings is 1. The molecule has 0 aliphatic carbocycles. The van der Waals surface area contributed by atoms with E-state index in [0.29, 0.717) is 5.92 Å². The van der Waals surface area contributed by atoms with E-state index < -0.39 is 0 Å². The number of nitrogens with zero attached hydrogens (tertiary/aromatic N) is 2. The number of fused-ring (bicyclic) bond motifs is 1. The van der Waals surface area contributed by atoms with E-state index in [9.17, 15) is 0 Å². The van der Waals surface area contributed by atoms with Crippen LogP contribution in [0.15, 0.2) is 35.8 Å². The summed E-state index contributed by atoms with van der Waals surface area (Å²) in [6.45, 7) is 9.62. The first-order chi connectivity index (χ1) is 10.6. The molecule has 2 aromatic heterocycles. The molecule has 0 fully saturated rings. The van der Waals surface area contributed by atoms with Crippen LogP contribution >= 0.6 is 11.3 Å². The van der Waals surface area contributed by atoms with E-state index in [4.69, 9.17) is 0 Å². The maximum absolute atomic E-state index is 4.62. The number of aryl methyl sites for hydroxylation is 1. The molecule has 3 rings (SSSR count). The Labute approximate surface area is 136 Å². The molecule has 22 heavy (non-hydrogen) atoms. The molecule has 3 aromatic rings. The van der Waals surface area contributed by atoms with Crippen LogP contribution in [0.25, 0.3) is 4.96 Å². The van der Waals surface area contributed by atoms with E-state index >= 15 is 0 Å². The largest absolute Gasteiger partial charge is 0.305 e. The van der Waals surface area contributed by atoms with Gasteiger partial charge in [0.1, 0.15) is 0 Å². The van der Waals surface area contributed by atoms with Gasteiger partial charge in [-0.15, -0.1) is 11.3 Å². The molecule has 0 amide bonds. The Kier molecular flexibility index (Phi) is 4.32. The van der Waals surface area contributed by atoms with Gasteiger partial charge < -0.3 is 5.32 Å².